The molecule has 0 heterocycles. The zero-order chi connectivity index (χ0) is 17.4. The molecule has 0 bridgehead atoms. The van der Waals surface area contributed by atoms with E-state index in [1.807, 2.05) is 6.92 Å². The number of carboxylic acid groups (broad SMARTS) is 1. The minimum absolute atomic E-state index is 0.00974. The summed E-state index contributed by atoms with van der Waals surface area (Å²) in [5.74, 6) is -0.213. The lowest BCUT2D eigenvalue weighted by Gasteiger charge is -2.32. The summed E-state index contributed by atoms with van der Waals surface area (Å²) in [6.07, 6.45) is 5.20. The lowest BCUT2D eigenvalue weighted by atomic mass is 9.94. The summed E-state index contributed by atoms with van der Waals surface area (Å²) < 4.78 is 10.7. The number of esters is 1. The van der Waals surface area contributed by atoms with Gasteiger partial charge >= 0.3 is 11.9 Å². The zero-order valence-corrected chi connectivity index (χ0v) is 14.1. The maximum atomic E-state index is 12.2. The molecule has 132 valence electrons. The van der Waals surface area contributed by atoms with Gasteiger partial charge < -0.3 is 14.6 Å². The average Bonchev–Trinajstić information content (AvgIpc) is 2.57. The standard InChI is InChI=1S/C18H25NO5/c1-2-23-15-8-10-16(11-9-15)24-18(22)13-19(12-17(20)21)14-6-4-3-5-7-14/h8-11,14H,2-7,12-13H2,1H3,(H,20,21). The third-order valence-corrected chi connectivity index (χ3v) is 4.13. The molecule has 1 aromatic carbocycles. The number of benzene rings is 1. The van der Waals surface area contributed by atoms with E-state index >= 15 is 0 Å². The van der Waals surface area contributed by atoms with Gasteiger partial charge in [0, 0.05) is 6.04 Å². The molecule has 24 heavy (non-hydrogen) atoms. The first-order valence-corrected chi connectivity index (χ1v) is 8.48. The molecule has 0 radical (unpaired) electrons. The van der Waals surface area contributed by atoms with Crippen molar-refractivity contribution in [2.45, 2.75) is 45.1 Å². The molecule has 0 aromatic heterocycles. The highest BCUT2D eigenvalue weighted by Gasteiger charge is 2.25. The van der Waals surface area contributed by atoms with E-state index in [4.69, 9.17) is 14.6 Å². The number of hydrogen-bond donors (Lipinski definition) is 1. The van der Waals surface area contributed by atoms with Crippen LogP contribution in [0.25, 0.3) is 0 Å². The van der Waals surface area contributed by atoms with Crippen molar-refractivity contribution in [1.82, 2.24) is 4.90 Å². The molecule has 0 spiro atoms. The van der Waals surface area contributed by atoms with E-state index in [-0.39, 0.29) is 19.1 Å². The number of hydrogen-bond acceptors (Lipinski definition) is 5. The fourth-order valence-electron chi connectivity index (χ4n) is 3.03. The summed E-state index contributed by atoms with van der Waals surface area (Å²) in [4.78, 5) is 25.0. The van der Waals surface area contributed by atoms with Crippen LogP contribution < -0.4 is 9.47 Å². The molecule has 2 rings (SSSR count). The Morgan fingerprint density at radius 1 is 1.08 bits per heavy atom. The van der Waals surface area contributed by atoms with E-state index in [1.54, 1.807) is 29.2 Å². The second-order valence-corrected chi connectivity index (χ2v) is 5.97. The Morgan fingerprint density at radius 2 is 1.71 bits per heavy atom. The summed E-state index contributed by atoms with van der Waals surface area (Å²) in [5, 5.41) is 9.09. The van der Waals surface area contributed by atoms with Crippen LogP contribution in [0.1, 0.15) is 39.0 Å². The van der Waals surface area contributed by atoms with Crippen LogP contribution in [0.4, 0.5) is 0 Å². The van der Waals surface area contributed by atoms with Gasteiger partial charge in [-0.1, -0.05) is 19.3 Å². The minimum Gasteiger partial charge on any atom is -0.494 e. The Morgan fingerprint density at radius 3 is 2.29 bits per heavy atom. The number of rotatable bonds is 8. The van der Waals surface area contributed by atoms with E-state index < -0.39 is 11.9 Å². The molecule has 0 saturated heterocycles. The van der Waals surface area contributed by atoms with Gasteiger partial charge in [-0.25, -0.2) is 0 Å². The predicted molar refractivity (Wildman–Crippen MR) is 89.3 cm³/mol. The molecule has 1 aliphatic carbocycles. The number of carbonyl (C=O) groups excluding carboxylic acids is 1. The van der Waals surface area contributed by atoms with Gasteiger partial charge in [0.2, 0.25) is 0 Å². The molecule has 1 aromatic rings. The topological polar surface area (TPSA) is 76.1 Å². The summed E-state index contributed by atoms with van der Waals surface area (Å²) in [6.45, 7) is 2.33. The maximum Gasteiger partial charge on any atom is 0.325 e. The molecule has 1 aliphatic rings. The van der Waals surface area contributed by atoms with Crippen molar-refractivity contribution < 1.29 is 24.2 Å². The molecular formula is C18H25NO5. The normalized spacial score (nSPS) is 15.2. The highest BCUT2D eigenvalue weighted by Crippen LogP contribution is 2.23. The molecular weight excluding hydrogens is 310 g/mol. The third kappa shape index (κ3) is 5.85. The van der Waals surface area contributed by atoms with Gasteiger partial charge in [0.15, 0.2) is 0 Å². The van der Waals surface area contributed by atoms with Crippen molar-refractivity contribution >= 4 is 11.9 Å². The molecule has 1 fully saturated rings. The fourth-order valence-corrected chi connectivity index (χ4v) is 3.03. The minimum atomic E-state index is -0.922. The third-order valence-electron chi connectivity index (χ3n) is 4.13. The smallest absolute Gasteiger partial charge is 0.325 e. The van der Waals surface area contributed by atoms with Crippen LogP contribution in [0.2, 0.25) is 0 Å². The van der Waals surface area contributed by atoms with Crippen LogP contribution >= 0.6 is 0 Å². The van der Waals surface area contributed by atoms with E-state index in [0.29, 0.717) is 18.1 Å². The van der Waals surface area contributed by atoms with Crippen molar-refractivity contribution in [1.29, 1.82) is 0 Å². The van der Waals surface area contributed by atoms with Crippen molar-refractivity contribution in [3.63, 3.8) is 0 Å². The Hall–Kier alpha value is -2.08. The Balaban J connectivity index is 1.92. The van der Waals surface area contributed by atoms with Gasteiger partial charge in [-0.05, 0) is 44.0 Å². The molecule has 1 saturated carbocycles. The van der Waals surface area contributed by atoms with Gasteiger partial charge in [0.1, 0.15) is 11.5 Å². The predicted octanol–water partition coefficient (Wildman–Crippen LogP) is 2.71. The van der Waals surface area contributed by atoms with Crippen molar-refractivity contribution in [2.75, 3.05) is 19.7 Å². The van der Waals surface area contributed by atoms with E-state index in [0.717, 1.165) is 25.7 Å². The van der Waals surface area contributed by atoms with Crippen LogP contribution in [0.15, 0.2) is 24.3 Å². The summed E-state index contributed by atoms with van der Waals surface area (Å²) in [7, 11) is 0. The maximum absolute atomic E-state index is 12.2. The Labute approximate surface area is 142 Å². The van der Waals surface area contributed by atoms with E-state index in [1.165, 1.54) is 6.42 Å². The molecule has 6 nitrogen and oxygen atoms in total. The molecule has 1 N–H and O–H groups in total. The summed E-state index contributed by atoms with van der Waals surface area (Å²) >= 11 is 0. The van der Waals surface area contributed by atoms with Crippen molar-refractivity contribution in [3.05, 3.63) is 24.3 Å². The highest BCUT2D eigenvalue weighted by molar-refractivity contribution is 5.76. The van der Waals surface area contributed by atoms with Gasteiger partial charge in [-0.2, -0.15) is 0 Å². The van der Waals surface area contributed by atoms with Crippen LogP contribution in [0.5, 0.6) is 11.5 Å². The van der Waals surface area contributed by atoms with Crippen LogP contribution in [0, 0.1) is 0 Å². The number of ether oxygens (including phenoxy) is 2. The summed E-state index contributed by atoms with van der Waals surface area (Å²) in [5.41, 5.74) is 0. The molecule has 6 heteroatoms. The van der Waals surface area contributed by atoms with Gasteiger partial charge in [-0.3, -0.25) is 14.5 Å². The first kappa shape index (κ1) is 18.3. The van der Waals surface area contributed by atoms with Gasteiger partial charge in [0.25, 0.3) is 0 Å². The Kier molecular flexibility index (Phi) is 7.06. The van der Waals surface area contributed by atoms with E-state index in [9.17, 15) is 9.59 Å². The zero-order valence-electron chi connectivity index (χ0n) is 14.1. The van der Waals surface area contributed by atoms with Gasteiger partial charge in [0.05, 0.1) is 19.7 Å². The van der Waals surface area contributed by atoms with E-state index in [2.05, 4.69) is 0 Å². The van der Waals surface area contributed by atoms with Crippen LogP contribution in [-0.4, -0.2) is 47.7 Å². The lowest BCUT2D eigenvalue weighted by molar-refractivity contribution is -0.142. The second kappa shape index (κ2) is 9.27. The molecule has 0 aliphatic heterocycles. The molecule has 0 atom stereocenters. The SMILES string of the molecule is CCOc1ccc(OC(=O)CN(CC(=O)O)C2CCCCC2)cc1. The number of carbonyl (C=O) groups is 2. The number of aliphatic carboxylic acids is 1. The fraction of sp³-hybridized carbons (Fsp3) is 0.556. The van der Waals surface area contributed by atoms with Crippen molar-refractivity contribution in [3.8, 4) is 11.5 Å². The molecule has 0 amide bonds. The molecule has 0 unspecified atom stereocenters. The summed E-state index contributed by atoms with van der Waals surface area (Å²) in [6, 6.07) is 6.96. The second-order valence-electron chi connectivity index (χ2n) is 5.97. The highest BCUT2D eigenvalue weighted by atomic mass is 16.5. The quantitative estimate of drug-likeness (QED) is 0.581. The average molecular weight is 335 g/mol. The first-order chi connectivity index (χ1) is 11.6. The number of nitrogens with zero attached hydrogens (tertiary/aromatic N) is 1. The van der Waals surface area contributed by atoms with Gasteiger partial charge in [-0.15, -0.1) is 0 Å². The monoisotopic (exact) mass is 335 g/mol. The Bertz CT molecular complexity index is 537. The lowest BCUT2D eigenvalue weighted by Crippen LogP contribution is -2.44. The number of carboxylic acids is 1. The van der Waals surface area contributed by atoms with Crippen LogP contribution in [0.3, 0.4) is 0 Å². The first-order valence-electron chi connectivity index (χ1n) is 8.48. The van der Waals surface area contributed by atoms with Crippen molar-refractivity contribution in [2.24, 2.45) is 0 Å². The largest absolute Gasteiger partial charge is 0.494 e. The van der Waals surface area contributed by atoms with Crippen LogP contribution in [-0.2, 0) is 9.59 Å².